The van der Waals surface area contributed by atoms with E-state index in [0.717, 1.165) is 12.8 Å². The molecule has 2 N–H and O–H groups in total. The van der Waals surface area contributed by atoms with Gasteiger partial charge in [-0.05, 0) is 66.8 Å². The van der Waals surface area contributed by atoms with Gasteiger partial charge in [0.1, 0.15) is 5.75 Å². The Morgan fingerprint density at radius 3 is 2.41 bits per heavy atom. The van der Waals surface area contributed by atoms with Crippen LogP contribution in [0.2, 0.25) is 0 Å². The minimum Gasteiger partial charge on any atom is -0.495 e. The van der Waals surface area contributed by atoms with E-state index in [9.17, 15) is 14.4 Å². The van der Waals surface area contributed by atoms with Gasteiger partial charge in [-0.3, -0.25) is 14.4 Å². The minimum absolute atomic E-state index is 0.0539. The van der Waals surface area contributed by atoms with Crippen LogP contribution in [-0.2, 0) is 4.79 Å². The highest BCUT2D eigenvalue weighted by molar-refractivity contribution is 7.12. The molecule has 0 spiro atoms. The summed E-state index contributed by atoms with van der Waals surface area (Å²) in [7, 11) is 1.56. The van der Waals surface area contributed by atoms with Gasteiger partial charge in [-0.25, -0.2) is 0 Å². The van der Waals surface area contributed by atoms with Gasteiger partial charge in [0.25, 0.3) is 11.8 Å². The van der Waals surface area contributed by atoms with Crippen molar-refractivity contribution in [1.29, 1.82) is 0 Å². The maximum Gasteiger partial charge on any atom is 0.265 e. The lowest BCUT2D eigenvalue weighted by Gasteiger charge is -2.28. The molecule has 8 heteroatoms. The van der Waals surface area contributed by atoms with E-state index in [-0.39, 0.29) is 17.7 Å². The molecule has 1 fully saturated rings. The Bertz CT molecular complexity index is 1130. The lowest BCUT2D eigenvalue weighted by atomic mass is 10.1. The number of amides is 3. The Morgan fingerprint density at radius 1 is 0.969 bits per heavy atom. The molecule has 0 radical (unpaired) electrons. The molecule has 0 atom stereocenters. The van der Waals surface area contributed by atoms with E-state index in [0.29, 0.717) is 46.2 Å². The lowest BCUT2D eigenvalue weighted by Crippen LogP contribution is -2.35. The highest BCUT2D eigenvalue weighted by Gasteiger charge is 2.23. The Labute approximate surface area is 190 Å². The number of anilines is 3. The zero-order valence-electron chi connectivity index (χ0n) is 17.6. The van der Waals surface area contributed by atoms with E-state index in [4.69, 9.17) is 4.74 Å². The number of carbonyl (C=O) groups is 3. The topological polar surface area (TPSA) is 87.7 Å². The average molecular weight is 450 g/mol. The van der Waals surface area contributed by atoms with E-state index in [1.165, 1.54) is 11.3 Å². The normalized spacial score (nSPS) is 13.5. The van der Waals surface area contributed by atoms with Crippen molar-refractivity contribution in [3.05, 3.63) is 70.4 Å². The van der Waals surface area contributed by atoms with Crippen LogP contribution in [0.15, 0.2) is 60.0 Å². The van der Waals surface area contributed by atoms with Crippen molar-refractivity contribution < 1.29 is 19.1 Å². The quantitative estimate of drug-likeness (QED) is 0.567. The molecule has 7 nitrogen and oxygen atoms in total. The van der Waals surface area contributed by atoms with Crippen LogP contribution in [0.4, 0.5) is 17.1 Å². The first kappa shape index (κ1) is 21.6. The van der Waals surface area contributed by atoms with Crippen molar-refractivity contribution in [2.24, 2.45) is 0 Å². The standard InChI is InChI=1S/C24H23N3O4S/c1-31-20-12-11-18(15-19(20)27-13-3-2-6-22(27)28)26-23(29)16-7-9-17(10-8-16)25-24(30)21-5-4-14-32-21/h4-5,7-12,14-15H,2-3,6,13H2,1H3,(H,25,30)(H,26,29). The molecule has 1 aliphatic heterocycles. The van der Waals surface area contributed by atoms with Crippen LogP contribution in [0.3, 0.4) is 0 Å². The summed E-state index contributed by atoms with van der Waals surface area (Å²) in [6, 6.07) is 15.5. The van der Waals surface area contributed by atoms with E-state index in [1.54, 1.807) is 60.5 Å². The first-order valence-corrected chi connectivity index (χ1v) is 11.2. The Kier molecular flexibility index (Phi) is 6.51. The summed E-state index contributed by atoms with van der Waals surface area (Å²) >= 11 is 1.36. The van der Waals surface area contributed by atoms with Crippen LogP contribution in [-0.4, -0.2) is 31.4 Å². The molecule has 0 saturated carbocycles. The molecule has 1 aliphatic rings. The first-order chi connectivity index (χ1) is 15.5. The number of hydrogen-bond acceptors (Lipinski definition) is 5. The summed E-state index contributed by atoms with van der Waals surface area (Å²) in [5.41, 5.74) is 2.28. The second-order valence-electron chi connectivity index (χ2n) is 7.35. The van der Waals surface area contributed by atoms with Crippen molar-refractivity contribution in [3.63, 3.8) is 0 Å². The third-order valence-electron chi connectivity index (χ3n) is 5.20. The Morgan fingerprint density at radius 2 is 1.72 bits per heavy atom. The number of nitrogens with one attached hydrogen (secondary N) is 2. The summed E-state index contributed by atoms with van der Waals surface area (Å²) < 4.78 is 5.42. The lowest BCUT2D eigenvalue weighted by molar-refractivity contribution is -0.119. The van der Waals surface area contributed by atoms with E-state index in [1.807, 2.05) is 11.4 Å². The molecular formula is C24H23N3O4S. The third-order valence-corrected chi connectivity index (χ3v) is 6.07. The van der Waals surface area contributed by atoms with Crippen LogP contribution in [0.25, 0.3) is 0 Å². The van der Waals surface area contributed by atoms with Gasteiger partial charge < -0.3 is 20.3 Å². The number of rotatable bonds is 6. The average Bonchev–Trinajstić information content (AvgIpc) is 3.35. The summed E-state index contributed by atoms with van der Waals surface area (Å²) in [6.07, 6.45) is 2.33. The van der Waals surface area contributed by atoms with Gasteiger partial charge in [-0.2, -0.15) is 0 Å². The van der Waals surface area contributed by atoms with Gasteiger partial charge in [-0.15, -0.1) is 11.3 Å². The molecule has 0 bridgehead atoms. The van der Waals surface area contributed by atoms with Crippen LogP contribution in [0.1, 0.15) is 39.3 Å². The van der Waals surface area contributed by atoms with E-state index in [2.05, 4.69) is 10.6 Å². The van der Waals surface area contributed by atoms with E-state index >= 15 is 0 Å². The van der Waals surface area contributed by atoms with E-state index < -0.39 is 0 Å². The highest BCUT2D eigenvalue weighted by Crippen LogP contribution is 2.33. The van der Waals surface area contributed by atoms with Gasteiger partial charge in [0.15, 0.2) is 0 Å². The summed E-state index contributed by atoms with van der Waals surface area (Å²) in [6.45, 7) is 0.630. The highest BCUT2D eigenvalue weighted by atomic mass is 32.1. The fourth-order valence-electron chi connectivity index (χ4n) is 3.55. The van der Waals surface area contributed by atoms with Crippen molar-refractivity contribution in [2.45, 2.75) is 19.3 Å². The molecule has 1 saturated heterocycles. The number of hydrogen-bond donors (Lipinski definition) is 2. The molecule has 4 rings (SSSR count). The molecule has 1 aromatic heterocycles. The second-order valence-corrected chi connectivity index (χ2v) is 8.30. The predicted molar refractivity (Wildman–Crippen MR) is 126 cm³/mol. The fourth-order valence-corrected chi connectivity index (χ4v) is 4.17. The van der Waals surface area contributed by atoms with Crippen molar-refractivity contribution in [2.75, 3.05) is 29.2 Å². The van der Waals surface area contributed by atoms with Gasteiger partial charge in [0, 0.05) is 29.9 Å². The molecule has 3 amide bonds. The molecule has 0 aliphatic carbocycles. The second kappa shape index (κ2) is 9.65. The Hall–Kier alpha value is -3.65. The van der Waals surface area contributed by atoms with Crippen LogP contribution in [0.5, 0.6) is 5.75 Å². The maximum atomic E-state index is 12.7. The van der Waals surface area contributed by atoms with Crippen molar-refractivity contribution in [3.8, 4) is 5.75 Å². The molecule has 2 heterocycles. The first-order valence-electron chi connectivity index (χ1n) is 10.3. The Balaban J connectivity index is 1.46. The molecule has 0 unspecified atom stereocenters. The predicted octanol–water partition coefficient (Wildman–Crippen LogP) is 4.78. The van der Waals surface area contributed by atoms with Crippen molar-refractivity contribution in [1.82, 2.24) is 0 Å². The number of piperidine rings is 1. The van der Waals surface area contributed by atoms with Crippen molar-refractivity contribution >= 4 is 46.1 Å². The molecule has 2 aromatic carbocycles. The monoisotopic (exact) mass is 449 g/mol. The van der Waals surface area contributed by atoms with Gasteiger partial charge in [0.05, 0.1) is 17.7 Å². The van der Waals surface area contributed by atoms with Crippen LogP contribution < -0.4 is 20.3 Å². The number of carbonyl (C=O) groups excluding carboxylic acids is 3. The number of thiophene rings is 1. The minimum atomic E-state index is -0.290. The fraction of sp³-hybridized carbons (Fsp3) is 0.208. The van der Waals surface area contributed by atoms with Gasteiger partial charge in [-0.1, -0.05) is 6.07 Å². The molecule has 32 heavy (non-hydrogen) atoms. The maximum absolute atomic E-state index is 12.7. The zero-order chi connectivity index (χ0) is 22.5. The third kappa shape index (κ3) is 4.81. The summed E-state index contributed by atoms with van der Waals surface area (Å²) in [5.74, 6) is 0.166. The molecular weight excluding hydrogens is 426 g/mol. The molecule has 3 aromatic rings. The largest absolute Gasteiger partial charge is 0.495 e. The summed E-state index contributed by atoms with van der Waals surface area (Å²) in [4.78, 5) is 39.6. The number of ether oxygens (including phenoxy) is 1. The van der Waals surface area contributed by atoms with Gasteiger partial charge in [0.2, 0.25) is 5.91 Å². The number of methoxy groups -OCH3 is 1. The SMILES string of the molecule is COc1ccc(NC(=O)c2ccc(NC(=O)c3cccs3)cc2)cc1N1CCCCC1=O. The number of nitrogens with zero attached hydrogens (tertiary/aromatic N) is 1. The summed E-state index contributed by atoms with van der Waals surface area (Å²) in [5, 5.41) is 7.52. The number of benzene rings is 2. The van der Waals surface area contributed by atoms with Gasteiger partial charge >= 0.3 is 0 Å². The van der Waals surface area contributed by atoms with Crippen LogP contribution >= 0.6 is 11.3 Å². The van der Waals surface area contributed by atoms with Crippen LogP contribution in [0, 0.1) is 0 Å². The smallest absolute Gasteiger partial charge is 0.265 e. The zero-order valence-corrected chi connectivity index (χ0v) is 18.4. The molecule has 164 valence electrons.